The molecule has 1 heterocycles. The number of hydrogen-bond acceptors (Lipinski definition) is 4. The van der Waals surface area contributed by atoms with E-state index in [2.05, 4.69) is 47.9 Å². The van der Waals surface area contributed by atoms with Crippen LogP contribution in [0.1, 0.15) is 11.1 Å². The van der Waals surface area contributed by atoms with Crippen molar-refractivity contribution < 1.29 is 19.3 Å². The van der Waals surface area contributed by atoms with Gasteiger partial charge in [-0.15, -0.1) is 0 Å². The van der Waals surface area contributed by atoms with E-state index in [1.54, 1.807) is 14.2 Å². The van der Waals surface area contributed by atoms with E-state index in [4.69, 9.17) is 19.3 Å². The Morgan fingerprint density at radius 2 is 1.45 bits per heavy atom. The van der Waals surface area contributed by atoms with Crippen LogP contribution in [0.25, 0.3) is 22.2 Å². The normalized spacial score (nSPS) is 11.0. The standard InChI is InChI=1S/C26H27NO4/c1-18-24-16-23(30-3)12-13-25(24)27(26(18)20-6-10-21(29-2)11-7-20)17-19-4-8-22(9-5-19)31-15-14-28/h4-13,16,28H,14-15,17H2,1-3H3. The van der Waals surface area contributed by atoms with Gasteiger partial charge in [0.2, 0.25) is 0 Å². The molecule has 0 aliphatic carbocycles. The lowest BCUT2D eigenvalue weighted by atomic mass is 10.1. The number of ether oxygens (including phenoxy) is 3. The highest BCUT2D eigenvalue weighted by atomic mass is 16.5. The molecule has 0 amide bonds. The molecule has 1 N–H and O–H groups in total. The van der Waals surface area contributed by atoms with Crippen LogP contribution in [-0.2, 0) is 6.54 Å². The predicted octanol–water partition coefficient (Wildman–Crippen LogP) is 5.05. The summed E-state index contributed by atoms with van der Waals surface area (Å²) in [6.07, 6.45) is 0. The van der Waals surface area contributed by atoms with Crippen LogP contribution in [0.5, 0.6) is 17.2 Å². The van der Waals surface area contributed by atoms with E-state index in [-0.39, 0.29) is 6.61 Å². The van der Waals surface area contributed by atoms with E-state index in [0.717, 1.165) is 34.9 Å². The minimum atomic E-state index is 0.00503. The maximum Gasteiger partial charge on any atom is 0.119 e. The van der Waals surface area contributed by atoms with Gasteiger partial charge >= 0.3 is 0 Å². The molecule has 0 spiro atoms. The molecule has 0 unspecified atom stereocenters. The van der Waals surface area contributed by atoms with Crippen LogP contribution in [0, 0.1) is 6.92 Å². The van der Waals surface area contributed by atoms with Crippen LogP contribution in [-0.4, -0.2) is 37.1 Å². The Balaban J connectivity index is 1.79. The summed E-state index contributed by atoms with van der Waals surface area (Å²) in [6, 6.07) is 22.4. The fourth-order valence-corrected chi connectivity index (χ4v) is 3.95. The molecular formula is C26H27NO4. The molecule has 4 rings (SSSR count). The van der Waals surface area contributed by atoms with Gasteiger partial charge in [0.15, 0.2) is 0 Å². The van der Waals surface area contributed by atoms with Gasteiger partial charge in [0.1, 0.15) is 23.9 Å². The quantitative estimate of drug-likeness (QED) is 0.436. The lowest BCUT2D eigenvalue weighted by Gasteiger charge is -2.13. The second kappa shape index (κ2) is 9.14. The number of aliphatic hydroxyl groups excluding tert-OH is 1. The molecule has 0 aliphatic heterocycles. The summed E-state index contributed by atoms with van der Waals surface area (Å²) in [7, 11) is 3.37. The first-order valence-electron chi connectivity index (χ1n) is 10.3. The van der Waals surface area contributed by atoms with Crippen molar-refractivity contribution in [3.05, 3.63) is 77.9 Å². The molecule has 0 aliphatic rings. The third-order valence-corrected chi connectivity index (χ3v) is 5.51. The van der Waals surface area contributed by atoms with E-state index in [9.17, 15) is 0 Å². The maximum atomic E-state index is 8.94. The van der Waals surface area contributed by atoms with E-state index < -0.39 is 0 Å². The highest BCUT2D eigenvalue weighted by Gasteiger charge is 2.17. The summed E-state index contributed by atoms with van der Waals surface area (Å²) in [5.74, 6) is 2.44. The molecule has 31 heavy (non-hydrogen) atoms. The maximum absolute atomic E-state index is 8.94. The molecule has 5 nitrogen and oxygen atoms in total. The minimum Gasteiger partial charge on any atom is -0.497 e. The lowest BCUT2D eigenvalue weighted by molar-refractivity contribution is 0.201. The SMILES string of the molecule is COc1ccc(-c2c(C)c3cc(OC)ccc3n2Cc2ccc(OCCO)cc2)cc1. The van der Waals surface area contributed by atoms with E-state index in [0.29, 0.717) is 6.61 Å². The fourth-order valence-electron chi connectivity index (χ4n) is 3.95. The Morgan fingerprint density at radius 1 is 0.806 bits per heavy atom. The molecule has 160 valence electrons. The van der Waals surface area contributed by atoms with Crippen molar-refractivity contribution >= 4 is 10.9 Å². The summed E-state index contributed by atoms with van der Waals surface area (Å²) in [5, 5.41) is 10.1. The molecule has 0 radical (unpaired) electrons. The number of hydrogen-bond donors (Lipinski definition) is 1. The molecule has 0 bridgehead atoms. The van der Waals surface area contributed by atoms with Gasteiger partial charge in [0.25, 0.3) is 0 Å². The highest BCUT2D eigenvalue weighted by Crippen LogP contribution is 2.36. The van der Waals surface area contributed by atoms with Gasteiger partial charge in [-0.25, -0.2) is 0 Å². The first-order valence-corrected chi connectivity index (χ1v) is 10.3. The van der Waals surface area contributed by atoms with Gasteiger partial charge in [-0.3, -0.25) is 0 Å². The number of benzene rings is 3. The third kappa shape index (κ3) is 4.23. The van der Waals surface area contributed by atoms with Crippen molar-refractivity contribution in [2.45, 2.75) is 13.5 Å². The second-order valence-electron chi connectivity index (χ2n) is 7.39. The van der Waals surface area contributed by atoms with Crippen LogP contribution in [0.3, 0.4) is 0 Å². The molecule has 3 aromatic carbocycles. The van der Waals surface area contributed by atoms with Crippen molar-refractivity contribution in [3.63, 3.8) is 0 Å². The van der Waals surface area contributed by atoms with E-state index >= 15 is 0 Å². The topological polar surface area (TPSA) is 52.9 Å². The molecule has 0 fully saturated rings. The third-order valence-electron chi connectivity index (χ3n) is 5.51. The molecular weight excluding hydrogens is 390 g/mol. The van der Waals surface area contributed by atoms with Crippen molar-refractivity contribution in [1.29, 1.82) is 0 Å². The Hall–Kier alpha value is -3.44. The zero-order valence-corrected chi connectivity index (χ0v) is 18.1. The van der Waals surface area contributed by atoms with Crippen LogP contribution in [0.15, 0.2) is 66.7 Å². The average Bonchev–Trinajstić information content (AvgIpc) is 3.09. The number of aliphatic hydroxyl groups is 1. The number of nitrogens with zero attached hydrogens (tertiary/aromatic N) is 1. The molecule has 0 saturated carbocycles. The molecule has 0 saturated heterocycles. The van der Waals surface area contributed by atoms with Crippen molar-refractivity contribution in [2.24, 2.45) is 0 Å². The first-order chi connectivity index (χ1) is 15.1. The fraction of sp³-hybridized carbons (Fsp3) is 0.231. The second-order valence-corrected chi connectivity index (χ2v) is 7.39. The molecule has 5 heteroatoms. The number of rotatable bonds is 8. The van der Waals surface area contributed by atoms with Crippen molar-refractivity contribution in [3.8, 4) is 28.5 Å². The van der Waals surface area contributed by atoms with Crippen LogP contribution < -0.4 is 14.2 Å². The van der Waals surface area contributed by atoms with Gasteiger partial charge < -0.3 is 23.9 Å². The summed E-state index contributed by atoms with van der Waals surface area (Å²) in [4.78, 5) is 0. The van der Waals surface area contributed by atoms with Crippen LogP contribution in [0.2, 0.25) is 0 Å². The van der Waals surface area contributed by atoms with Crippen molar-refractivity contribution in [2.75, 3.05) is 27.4 Å². The Bertz CT molecular complexity index is 1160. The summed E-state index contributed by atoms with van der Waals surface area (Å²) in [6.45, 7) is 3.18. The van der Waals surface area contributed by atoms with Gasteiger partial charge in [-0.2, -0.15) is 0 Å². The Labute approximate surface area is 182 Å². The summed E-state index contributed by atoms with van der Waals surface area (Å²) >= 11 is 0. The highest BCUT2D eigenvalue weighted by molar-refractivity contribution is 5.92. The summed E-state index contributed by atoms with van der Waals surface area (Å²) in [5.41, 5.74) is 5.84. The number of aryl methyl sites for hydroxylation is 1. The Kier molecular flexibility index (Phi) is 6.14. The number of fused-ring (bicyclic) bond motifs is 1. The van der Waals surface area contributed by atoms with E-state index in [1.807, 2.05) is 30.3 Å². The van der Waals surface area contributed by atoms with Gasteiger partial charge in [-0.1, -0.05) is 12.1 Å². The van der Waals surface area contributed by atoms with Crippen molar-refractivity contribution in [1.82, 2.24) is 4.57 Å². The molecule has 1 aromatic heterocycles. The number of aromatic nitrogens is 1. The van der Waals surface area contributed by atoms with Crippen LogP contribution in [0.4, 0.5) is 0 Å². The number of methoxy groups -OCH3 is 2. The van der Waals surface area contributed by atoms with Gasteiger partial charge in [0, 0.05) is 17.4 Å². The van der Waals surface area contributed by atoms with E-state index in [1.165, 1.54) is 22.2 Å². The molecule has 0 atom stereocenters. The monoisotopic (exact) mass is 417 g/mol. The summed E-state index contributed by atoms with van der Waals surface area (Å²) < 4.78 is 18.6. The van der Waals surface area contributed by atoms with Gasteiger partial charge in [-0.05, 0) is 78.2 Å². The smallest absolute Gasteiger partial charge is 0.119 e. The predicted molar refractivity (Wildman–Crippen MR) is 123 cm³/mol. The lowest BCUT2D eigenvalue weighted by Crippen LogP contribution is -2.04. The minimum absolute atomic E-state index is 0.00503. The first kappa shape index (κ1) is 20.8. The average molecular weight is 418 g/mol. The van der Waals surface area contributed by atoms with Gasteiger partial charge in [0.05, 0.1) is 26.5 Å². The largest absolute Gasteiger partial charge is 0.497 e. The zero-order valence-electron chi connectivity index (χ0n) is 18.1. The molecule has 4 aromatic rings. The van der Waals surface area contributed by atoms with Crippen LogP contribution >= 0.6 is 0 Å². The Morgan fingerprint density at radius 3 is 2.10 bits per heavy atom. The zero-order chi connectivity index (χ0) is 21.8.